The minimum absolute atomic E-state index is 0.0865. The summed E-state index contributed by atoms with van der Waals surface area (Å²) in [5.41, 5.74) is 0.979. The van der Waals surface area contributed by atoms with Crippen LogP contribution in [0.3, 0.4) is 0 Å². The Labute approximate surface area is 118 Å². The van der Waals surface area contributed by atoms with Gasteiger partial charge in [-0.1, -0.05) is 17.7 Å². The van der Waals surface area contributed by atoms with E-state index in [-0.39, 0.29) is 31.2 Å². The largest absolute Gasteiger partial charge is 0.394 e. The third-order valence-electron chi connectivity index (χ3n) is 3.27. The van der Waals surface area contributed by atoms with E-state index >= 15 is 0 Å². The first kappa shape index (κ1) is 15.4. The predicted octanol–water partition coefficient (Wildman–Crippen LogP) is -0.262. The highest BCUT2D eigenvalue weighted by atomic mass is 32.2. The van der Waals surface area contributed by atoms with Gasteiger partial charge in [-0.15, -0.1) is 0 Å². The van der Waals surface area contributed by atoms with E-state index in [9.17, 15) is 8.42 Å². The Bertz CT molecular complexity index is 530. The summed E-state index contributed by atoms with van der Waals surface area (Å²) in [6, 6.07) is 6.59. The fourth-order valence-corrected chi connectivity index (χ4v) is 3.65. The highest BCUT2D eigenvalue weighted by molar-refractivity contribution is 7.89. The summed E-state index contributed by atoms with van der Waals surface area (Å²) < 4.78 is 31.7. The Balaban J connectivity index is 2.25. The van der Waals surface area contributed by atoms with Gasteiger partial charge in [-0.2, -0.15) is 4.31 Å². The van der Waals surface area contributed by atoms with Crippen LogP contribution in [0.4, 0.5) is 0 Å². The van der Waals surface area contributed by atoms with Gasteiger partial charge in [-0.05, 0) is 19.1 Å². The Hall–Kier alpha value is -0.990. The van der Waals surface area contributed by atoms with E-state index in [2.05, 4.69) is 0 Å². The van der Waals surface area contributed by atoms with Crippen molar-refractivity contribution in [3.05, 3.63) is 29.8 Å². The lowest BCUT2D eigenvalue weighted by molar-refractivity contribution is -0.0996. The molecular formula is C13H19NO5S. The van der Waals surface area contributed by atoms with Crippen molar-refractivity contribution in [3.63, 3.8) is 0 Å². The molecule has 0 saturated carbocycles. The standard InChI is InChI=1S/C13H19NO5S/c1-10-2-4-13(5-3-10)20(17,18)14-6-11(8-15)19-12(7-14)9-16/h2-5,11-12,15-16H,6-9H2,1H3/t11-,12-/m0/s1. The number of nitrogens with zero attached hydrogens (tertiary/aromatic N) is 1. The maximum absolute atomic E-state index is 12.5. The summed E-state index contributed by atoms with van der Waals surface area (Å²) in [6.45, 7) is 1.49. The van der Waals surface area contributed by atoms with E-state index in [0.717, 1.165) is 5.56 Å². The maximum Gasteiger partial charge on any atom is 0.243 e. The summed E-state index contributed by atoms with van der Waals surface area (Å²) in [4.78, 5) is 0.207. The molecule has 6 nitrogen and oxygen atoms in total. The molecule has 2 rings (SSSR count). The number of sulfonamides is 1. The predicted molar refractivity (Wildman–Crippen MR) is 72.8 cm³/mol. The number of ether oxygens (including phenoxy) is 1. The molecule has 2 N–H and O–H groups in total. The molecule has 1 saturated heterocycles. The van der Waals surface area contributed by atoms with Crippen LogP contribution in [0, 0.1) is 6.92 Å². The molecule has 0 bridgehead atoms. The van der Waals surface area contributed by atoms with Crippen LogP contribution in [0.5, 0.6) is 0 Å². The topological polar surface area (TPSA) is 87.1 Å². The number of morpholine rings is 1. The average Bonchev–Trinajstić information content (AvgIpc) is 2.47. The van der Waals surface area contributed by atoms with Crippen molar-refractivity contribution in [1.82, 2.24) is 4.31 Å². The van der Waals surface area contributed by atoms with Crippen LogP contribution in [0.2, 0.25) is 0 Å². The summed E-state index contributed by atoms with van der Waals surface area (Å²) in [7, 11) is -3.63. The fraction of sp³-hybridized carbons (Fsp3) is 0.538. The molecule has 7 heteroatoms. The fourth-order valence-electron chi connectivity index (χ4n) is 2.14. The molecule has 1 aromatic rings. The molecule has 1 aromatic carbocycles. The van der Waals surface area contributed by atoms with E-state index in [1.807, 2.05) is 6.92 Å². The van der Waals surface area contributed by atoms with Crippen LogP contribution >= 0.6 is 0 Å². The van der Waals surface area contributed by atoms with Crippen LogP contribution in [-0.4, -0.2) is 61.4 Å². The molecule has 1 heterocycles. The second-order valence-electron chi connectivity index (χ2n) is 4.88. The lowest BCUT2D eigenvalue weighted by Gasteiger charge is -2.35. The second kappa shape index (κ2) is 6.19. The summed E-state index contributed by atoms with van der Waals surface area (Å²) in [5.74, 6) is 0. The molecule has 0 amide bonds. The molecule has 2 atom stereocenters. The molecule has 1 aliphatic rings. The molecule has 1 aliphatic heterocycles. The van der Waals surface area contributed by atoms with Gasteiger partial charge in [0.15, 0.2) is 0 Å². The number of aliphatic hydroxyl groups is 2. The van der Waals surface area contributed by atoms with Crippen molar-refractivity contribution in [2.75, 3.05) is 26.3 Å². The van der Waals surface area contributed by atoms with Crippen LogP contribution < -0.4 is 0 Å². The van der Waals surface area contributed by atoms with E-state index in [0.29, 0.717) is 0 Å². The summed E-state index contributed by atoms with van der Waals surface area (Å²) in [6.07, 6.45) is -1.22. The van der Waals surface area contributed by atoms with Gasteiger partial charge in [0.25, 0.3) is 0 Å². The Morgan fingerprint density at radius 3 is 2.10 bits per heavy atom. The molecule has 0 aromatic heterocycles. The van der Waals surface area contributed by atoms with Gasteiger partial charge in [-0.3, -0.25) is 0 Å². The number of aryl methyl sites for hydroxylation is 1. The number of rotatable bonds is 4. The van der Waals surface area contributed by atoms with Crippen LogP contribution in [0.15, 0.2) is 29.2 Å². The van der Waals surface area contributed by atoms with Gasteiger partial charge in [-0.25, -0.2) is 8.42 Å². The van der Waals surface area contributed by atoms with Crippen LogP contribution in [-0.2, 0) is 14.8 Å². The van der Waals surface area contributed by atoms with Crippen LogP contribution in [0.1, 0.15) is 5.56 Å². The third-order valence-corrected chi connectivity index (χ3v) is 5.11. The lowest BCUT2D eigenvalue weighted by Crippen LogP contribution is -2.52. The molecule has 0 aliphatic carbocycles. The molecule has 0 spiro atoms. The first-order valence-corrected chi connectivity index (χ1v) is 7.85. The zero-order chi connectivity index (χ0) is 14.8. The van der Waals surface area contributed by atoms with Crippen molar-refractivity contribution in [2.24, 2.45) is 0 Å². The van der Waals surface area contributed by atoms with Crippen LogP contribution in [0.25, 0.3) is 0 Å². The molecule has 0 unspecified atom stereocenters. The number of hydrogen-bond acceptors (Lipinski definition) is 5. The number of benzene rings is 1. The zero-order valence-electron chi connectivity index (χ0n) is 11.3. The minimum Gasteiger partial charge on any atom is -0.394 e. The van der Waals surface area contributed by atoms with Gasteiger partial charge >= 0.3 is 0 Å². The quantitative estimate of drug-likeness (QED) is 0.800. The first-order chi connectivity index (χ1) is 9.47. The van der Waals surface area contributed by atoms with E-state index in [1.54, 1.807) is 24.3 Å². The van der Waals surface area contributed by atoms with E-state index in [4.69, 9.17) is 14.9 Å². The lowest BCUT2D eigenvalue weighted by atomic mass is 10.2. The molecule has 0 radical (unpaired) electrons. The van der Waals surface area contributed by atoms with Crippen molar-refractivity contribution < 1.29 is 23.4 Å². The molecule has 112 valence electrons. The first-order valence-electron chi connectivity index (χ1n) is 6.41. The molecular weight excluding hydrogens is 282 g/mol. The Morgan fingerprint density at radius 1 is 1.15 bits per heavy atom. The summed E-state index contributed by atoms with van der Waals surface area (Å²) >= 11 is 0. The van der Waals surface area contributed by atoms with Gasteiger partial charge in [0, 0.05) is 13.1 Å². The highest BCUT2D eigenvalue weighted by Gasteiger charge is 2.34. The average molecular weight is 301 g/mol. The molecule has 20 heavy (non-hydrogen) atoms. The third kappa shape index (κ3) is 3.18. The van der Waals surface area contributed by atoms with E-state index < -0.39 is 22.2 Å². The Kier molecular flexibility index (Phi) is 4.77. The monoisotopic (exact) mass is 301 g/mol. The number of hydrogen-bond donors (Lipinski definition) is 2. The van der Waals surface area contributed by atoms with Crippen molar-refractivity contribution in [1.29, 1.82) is 0 Å². The summed E-state index contributed by atoms with van der Waals surface area (Å²) in [5, 5.41) is 18.3. The maximum atomic E-state index is 12.5. The molecule has 1 fully saturated rings. The van der Waals surface area contributed by atoms with Crippen molar-refractivity contribution in [2.45, 2.75) is 24.0 Å². The van der Waals surface area contributed by atoms with Crippen molar-refractivity contribution >= 4 is 10.0 Å². The van der Waals surface area contributed by atoms with E-state index in [1.165, 1.54) is 4.31 Å². The van der Waals surface area contributed by atoms with Crippen molar-refractivity contribution in [3.8, 4) is 0 Å². The van der Waals surface area contributed by atoms with Gasteiger partial charge in [0.05, 0.1) is 30.3 Å². The van der Waals surface area contributed by atoms with Gasteiger partial charge < -0.3 is 14.9 Å². The van der Waals surface area contributed by atoms with Gasteiger partial charge in [0.2, 0.25) is 10.0 Å². The second-order valence-corrected chi connectivity index (χ2v) is 6.82. The van der Waals surface area contributed by atoms with Gasteiger partial charge in [0.1, 0.15) is 0 Å². The zero-order valence-corrected chi connectivity index (χ0v) is 12.1. The highest BCUT2D eigenvalue weighted by Crippen LogP contribution is 2.21. The SMILES string of the molecule is Cc1ccc(S(=O)(=O)N2C[C@@H](CO)O[C@H](CO)C2)cc1. The minimum atomic E-state index is -3.63. The normalized spacial score (nSPS) is 24.8. The number of aliphatic hydroxyl groups excluding tert-OH is 2. The smallest absolute Gasteiger partial charge is 0.243 e. The Morgan fingerprint density at radius 2 is 1.65 bits per heavy atom.